The van der Waals surface area contributed by atoms with Gasteiger partial charge in [0.1, 0.15) is 0 Å². The Hall–Kier alpha value is -3.83. The molecule has 4 amide bonds. The number of carbonyl (C=O) groups excluding carboxylic acids is 4. The van der Waals surface area contributed by atoms with E-state index >= 15 is 0 Å². The van der Waals surface area contributed by atoms with Crippen molar-refractivity contribution in [2.45, 2.75) is 0 Å². The third-order valence-electron chi connectivity index (χ3n) is 6.62. The van der Waals surface area contributed by atoms with Crippen LogP contribution in [0.25, 0.3) is 0 Å². The van der Waals surface area contributed by atoms with Crippen LogP contribution in [-0.2, 0) is 55.3 Å². The molecule has 0 aliphatic heterocycles. The smallest absolute Gasteiger partial charge is 1.00 e. The molecular weight excluding hydrogens is 1230 g/mol. The molecular formula is C37H28Cl4Hg2N8O4S2. The third kappa shape index (κ3) is 19.4. The van der Waals surface area contributed by atoms with E-state index in [4.69, 9.17) is 0 Å². The van der Waals surface area contributed by atoms with Gasteiger partial charge in [-0.05, 0) is 97.2 Å². The van der Waals surface area contributed by atoms with Gasteiger partial charge >= 0.3 is 55.3 Å². The molecule has 0 saturated carbocycles. The largest absolute Gasteiger partial charge is 2.00 e. The van der Waals surface area contributed by atoms with Crippen LogP contribution < -0.4 is 70.9 Å². The molecule has 284 valence electrons. The summed E-state index contributed by atoms with van der Waals surface area (Å²) in [5.74, 6) is -1.10. The summed E-state index contributed by atoms with van der Waals surface area (Å²) in [4.78, 5) is 64.6. The van der Waals surface area contributed by atoms with Gasteiger partial charge in [-0.15, -0.1) is 0 Å². The zero-order valence-corrected chi connectivity index (χ0v) is 45.2. The number of carbonyl (C=O) groups is 4. The first kappa shape index (κ1) is 57.5. The van der Waals surface area contributed by atoms with Gasteiger partial charge in [0.25, 0.3) is 23.6 Å². The van der Waals surface area contributed by atoms with Crippen LogP contribution in [-0.4, -0.2) is 47.9 Å². The second-order valence-electron chi connectivity index (χ2n) is 9.93. The fourth-order valence-corrected chi connectivity index (χ4v) is 4.19. The van der Waals surface area contributed by atoms with E-state index in [-0.39, 0.29) is 129 Å². The van der Waals surface area contributed by atoms with E-state index in [1.165, 1.54) is 0 Å². The molecule has 0 unspecified atom stereocenters. The molecule has 57 heavy (non-hydrogen) atoms. The number of thiocarbonyl (C=S) groups is 2. The summed E-state index contributed by atoms with van der Waals surface area (Å²) in [5.41, 5.74) is 4.01. The molecule has 0 fully saturated rings. The third-order valence-corrected chi connectivity index (χ3v) is 6.62. The van der Waals surface area contributed by atoms with Crippen LogP contribution in [0, 0.1) is 0 Å². The normalized spacial score (nSPS) is 8.56. The maximum atomic E-state index is 12.3. The van der Waals surface area contributed by atoms with Crippen molar-refractivity contribution in [3.63, 3.8) is 0 Å². The van der Waals surface area contributed by atoms with Gasteiger partial charge in [-0.2, -0.15) is 0 Å². The number of halogens is 4. The van der Waals surface area contributed by atoms with Gasteiger partial charge in [-0.3, -0.25) is 39.1 Å². The quantitative estimate of drug-likeness (QED) is 0.0857. The van der Waals surface area contributed by atoms with E-state index in [1.54, 1.807) is 147 Å². The number of aromatic nitrogens is 4. The van der Waals surface area contributed by atoms with Crippen molar-refractivity contribution >= 4 is 75.1 Å². The van der Waals surface area contributed by atoms with Crippen molar-refractivity contribution < 1.29 is 124 Å². The molecule has 0 spiro atoms. The van der Waals surface area contributed by atoms with Crippen LogP contribution in [0.2, 0.25) is 0 Å². The second-order valence-corrected chi connectivity index (χ2v) is 10.6. The summed E-state index contributed by atoms with van der Waals surface area (Å²) in [7, 11) is 0. The number of rotatable bonds is 8. The Labute approximate surface area is 405 Å². The average molecular weight is 1260 g/mol. The summed E-state index contributed by atoms with van der Waals surface area (Å²) >= 11 is 7.92. The first-order valence-electron chi connectivity index (χ1n) is 14.9. The van der Waals surface area contributed by atoms with Gasteiger partial charge in [0.15, 0.2) is 0 Å². The first-order valence-corrected chi connectivity index (χ1v) is 15.7. The number of nitrogens with one attached hydrogen (secondary N) is 4. The minimum atomic E-state index is -0.275. The fourth-order valence-electron chi connectivity index (χ4n) is 4.19. The van der Waals surface area contributed by atoms with Gasteiger partial charge < -0.3 is 70.9 Å². The molecule has 20 heteroatoms. The minimum absolute atomic E-state index is 0. The predicted octanol–water partition coefficient (Wildman–Crippen LogP) is -5.01. The van der Waals surface area contributed by atoms with E-state index in [0.29, 0.717) is 45.0 Å². The molecule has 12 nitrogen and oxygen atoms in total. The maximum absolute atomic E-state index is 12.3. The SMILES string of the molecule is O=C(Nc1ccccc1NC(=O)c1ccncc1)c1ccncc1.O=C(Nc1ccccc1NC(=O)c1ccncc1)c1ccncc1.S=C=S.[Cl-].[Cl-].[Cl-].[Cl-].[Hg+2].[Hg+2]. The molecule has 4 heterocycles. The summed E-state index contributed by atoms with van der Waals surface area (Å²) < 4.78 is 1.92. The van der Waals surface area contributed by atoms with E-state index in [9.17, 15) is 19.2 Å². The van der Waals surface area contributed by atoms with Crippen molar-refractivity contribution in [3.8, 4) is 0 Å². The topological polar surface area (TPSA) is 168 Å². The number of hydrogen-bond donors (Lipinski definition) is 4. The molecule has 0 radical (unpaired) electrons. The Bertz CT molecular complexity index is 1840. The van der Waals surface area contributed by atoms with Crippen LogP contribution in [0.15, 0.2) is 147 Å². The summed E-state index contributed by atoms with van der Waals surface area (Å²) in [5, 5.41) is 11.2. The van der Waals surface area contributed by atoms with Crippen LogP contribution >= 0.6 is 24.4 Å². The van der Waals surface area contributed by atoms with Crippen molar-refractivity contribution in [1.29, 1.82) is 0 Å². The van der Waals surface area contributed by atoms with Crippen LogP contribution in [0.4, 0.5) is 22.7 Å². The number of hydrogen-bond acceptors (Lipinski definition) is 10. The molecule has 4 aromatic heterocycles. The maximum Gasteiger partial charge on any atom is 2.00 e. The Morgan fingerprint density at radius 1 is 0.368 bits per heavy atom. The van der Waals surface area contributed by atoms with Crippen LogP contribution in [0.1, 0.15) is 41.4 Å². The van der Waals surface area contributed by atoms with Gasteiger partial charge in [0, 0.05) is 76.1 Å². The molecule has 2 aromatic carbocycles. The van der Waals surface area contributed by atoms with Crippen LogP contribution in [0.5, 0.6) is 0 Å². The fraction of sp³-hybridized carbons (Fsp3) is 0. The number of nitrogens with zero attached hydrogens (tertiary/aromatic N) is 4. The number of amides is 4. The molecule has 0 saturated heterocycles. The Morgan fingerprint density at radius 2 is 0.526 bits per heavy atom. The molecule has 0 bridgehead atoms. The monoisotopic (exact) mass is 1260 g/mol. The van der Waals surface area contributed by atoms with Crippen LogP contribution in [0.3, 0.4) is 0 Å². The second kappa shape index (κ2) is 32.2. The van der Waals surface area contributed by atoms with E-state index in [0.717, 1.165) is 0 Å². The summed E-state index contributed by atoms with van der Waals surface area (Å²) in [6.45, 7) is 0. The predicted molar refractivity (Wildman–Crippen MR) is 202 cm³/mol. The minimum Gasteiger partial charge on any atom is -1.00 e. The van der Waals surface area contributed by atoms with E-state index in [2.05, 4.69) is 65.6 Å². The Balaban J connectivity index is -0.000000871. The molecule has 4 N–H and O–H groups in total. The van der Waals surface area contributed by atoms with E-state index in [1.807, 2.05) is 4.31 Å². The Kier molecular flexibility index (Phi) is 32.4. The van der Waals surface area contributed by atoms with Gasteiger partial charge in [-0.25, -0.2) is 0 Å². The number of pyridine rings is 4. The zero-order chi connectivity index (χ0) is 36.3. The molecule has 0 aliphatic rings. The molecule has 0 atom stereocenters. The summed E-state index contributed by atoms with van der Waals surface area (Å²) in [6, 6.07) is 27.0. The van der Waals surface area contributed by atoms with Gasteiger partial charge in [0.2, 0.25) is 0 Å². The molecule has 6 rings (SSSR count). The number of anilines is 4. The van der Waals surface area contributed by atoms with Crippen molar-refractivity contribution in [2.75, 3.05) is 21.3 Å². The number of benzene rings is 2. The van der Waals surface area contributed by atoms with Crippen molar-refractivity contribution in [1.82, 2.24) is 19.9 Å². The van der Waals surface area contributed by atoms with Crippen molar-refractivity contribution in [3.05, 3.63) is 169 Å². The average Bonchev–Trinajstić information content (AvgIpc) is 3.18. The molecule has 6 aromatic rings. The Morgan fingerprint density at radius 3 is 0.684 bits per heavy atom. The van der Waals surface area contributed by atoms with E-state index < -0.39 is 0 Å². The summed E-state index contributed by atoms with van der Waals surface area (Å²) in [6.07, 6.45) is 12.4. The zero-order valence-electron chi connectivity index (χ0n) is 29.5. The number of para-hydroxylation sites is 4. The van der Waals surface area contributed by atoms with Crippen molar-refractivity contribution in [2.24, 2.45) is 0 Å². The first-order chi connectivity index (χ1) is 24.9. The van der Waals surface area contributed by atoms with Gasteiger partial charge in [0.05, 0.1) is 22.7 Å². The standard InChI is InChI=1S/2C18H14N4O2.CS2.4ClH.2Hg/c2*23-17(13-5-9-19-10-6-13)21-15-3-1-2-4-16(15)22-18(24)14-7-11-20-12-8-14;2-1-3;;;;;;/h2*1-12H,(H,21,23)(H,22,24);;4*1H;;/q;;;;;;;2*+2/p-4. The van der Waals surface area contributed by atoms with Gasteiger partial charge in [-0.1, -0.05) is 24.3 Å². The molecule has 0 aliphatic carbocycles.